The molecule has 0 bridgehead atoms. The van der Waals surface area contributed by atoms with Crippen LogP contribution in [0.15, 0.2) is 34.9 Å². The highest BCUT2D eigenvalue weighted by Gasteiger charge is 2.15. The molecule has 0 saturated heterocycles. The number of methoxy groups -OCH3 is 3. The van der Waals surface area contributed by atoms with E-state index in [2.05, 4.69) is 5.32 Å². The van der Waals surface area contributed by atoms with Crippen LogP contribution in [0.2, 0.25) is 0 Å². The van der Waals surface area contributed by atoms with E-state index in [0.717, 1.165) is 22.8 Å². The fourth-order valence-corrected chi connectivity index (χ4v) is 2.15. The fourth-order valence-electron chi connectivity index (χ4n) is 2.15. The Bertz CT molecular complexity index is 541. The molecule has 0 aliphatic carbocycles. The van der Waals surface area contributed by atoms with E-state index in [-0.39, 0.29) is 6.04 Å². The molecule has 21 heavy (non-hydrogen) atoms. The molecule has 0 aliphatic rings. The number of nitrogens with one attached hydrogen (secondary N) is 1. The second-order valence-electron chi connectivity index (χ2n) is 4.63. The summed E-state index contributed by atoms with van der Waals surface area (Å²) in [6.07, 6.45) is 1.67. The molecule has 1 N–H and O–H groups in total. The zero-order valence-corrected chi connectivity index (χ0v) is 12.8. The van der Waals surface area contributed by atoms with Crippen LogP contribution in [0.4, 0.5) is 0 Å². The smallest absolute Gasteiger partial charge is 0.130 e. The first-order valence-corrected chi connectivity index (χ1v) is 6.75. The van der Waals surface area contributed by atoms with Crippen molar-refractivity contribution in [3.63, 3.8) is 0 Å². The highest BCUT2D eigenvalue weighted by atomic mass is 16.5. The van der Waals surface area contributed by atoms with Crippen LogP contribution < -0.4 is 19.5 Å². The lowest BCUT2D eigenvalue weighted by molar-refractivity contribution is 0.362. The quantitative estimate of drug-likeness (QED) is 0.849. The molecule has 0 aliphatic heterocycles. The summed E-state index contributed by atoms with van der Waals surface area (Å²) in [6.45, 7) is 2.64. The van der Waals surface area contributed by atoms with Gasteiger partial charge in [-0.25, -0.2) is 0 Å². The number of benzene rings is 1. The Kier molecular flexibility index (Phi) is 5.11. The second kappa shape index (κ2) is 7.04. The van der Waals surface area contributed by atoms with E-state index in [9.17, 15) is 0 Å². The van der Waals surface area contributed by atoms with Gasteiger partial charge < -0.3 is 23.9 Å². The van der Waals surface area contributed by atoms with Crippen molar-refractivity contribution in [3.05, 3.63) is 41.9 Å². The summed E-state index contributed by atoms with van der Waals surface area (Å²) in [4.78, 5) is 0. The fraction of sp³-hybridized carbons (Fsp3) is 0.375. The molecule has 0 amide bonds. The van der Waals surface area contributed by atoms with Crippen molar-refractivity contribution < 1.29 is 18.6 Å². The van der Waals surface area contributed by atoms with E-state index in [1.54, 1.807) is 27.6 Å². The Morgan fingerprint density at radius 2 is 1.76 bits per heavy atom. The van der Waals surface area contributed by atoms with E-state index < -0.39 is 0 Å². The maximum atomic E-state index is 5.43. The van der Waals surface area contributed by atoms with Crippen LogP contribution in [0.5, 0.6) is 17.2 Å². The van der Waals surface area contributed by atoms with Crippen LogP contribution in [-0.2, 0) is 6.54 Å². The third-order valence-corrected chi connectivity index (χ3v) is 3.37. The normalized spacial score (nSPS) is 12.0. The van der Waals surface area contributed by atoms with E-state index >= 15 is 0 Å². The SMILES string of the molecule is COc1cc(OC)c(CN[C@@H](C)c2ccco2)c(OC)c1. The maximum Gasteiger partial charge on any atom is 0.130 e. The van der Waals surface area contributed by atoms with Crippen molar-refractivity contribution >= 4 is 0 Å². The predicted octanol–water partition coefficient (Wildman–Crippen LogP) is 3.16. The Labute approximate surface area is 124 Å². The Balaban J connectivity index is 2.18. The molecular weight excluding hydrogens is 270 g/mol. The minimum absolute atomic E-state index is 0.0940. The van der Waals surface area contributed by atoms with Gasteiger partial charge in [0.15, 0.2) is 0 Å². The minimum Gasteiger partial charge on any atom is -0.496 e. The zero-order valence-electron chi connectivity index (χ0n) is 12.8. The van der Waals surface area contributed by atoms with Crippen LogP contribution in [0.3, 0.4) is 0 Å². The average Bonchev–Trinajstić information content (AvgIpc) is 3.06. The highest BCUT2D eigenvalue weighted by Crippen LogP contribution is 2.34. The summed E-state index contributed by atoms with van der Waals surface area (Å²) in [5.74, 6) is 3.05. The molecule has 1 aromatic carbocycles. The number of rotatable bonds is 7. The van der Waals surface area contributed by atoms with Crippen LogP contribution in [-0.4, -0.2) is 21.3 Å². The third-order valence-electron chi connectivity index (χ3n) is 3.37. The van der Waals surface area contributed by atoms with Gasteiger partial charge in [0.2, 0.25) is 0 Å². The van der Waals surface area contributed by atoms with Crippen molar-refractivity contribution in [2.45, 2.75) is 19.5 Å². The van der Waals surface area contributed by atoms with Gasteiger partial charge in [0.25, 0.3) is 0 Å². The molecule has 114 valence electrons. The summed E-state index contributed by atoms with van der Waals surface area (Å²) in [6, 6.07) is 7.60. The van der Waals surface area contributed by atoms with Gasteiger partial charge >= 0.3 is 0 Å². The number of hydrogen-bond acceptors (Lipinski definition) is 5. The average molecular weight is 291 g/mol. The summed E-state index contributed by atoms with van der Waals surface area (Å²) in [5.41, 5.74) is 0.944. The van der Waals surface area contributed by atoms with Gasteiger partial charge in [-0.2, -0.15) is 0 Å². The first-order valence-electron chi connectivity index (χ1n) is 6.75. The van der Waals surface area contributed by atoms with Gasteiger partial charge in [-0.1, -0.05) is 0 Å². The molecular formula is C16H21NO4. The van der Waals surface area contributed by atoms with Crippen molar-refractivity contribution in [3.8, 4) is 17.2 Å². The maximum absolute atomic E-state index is 5.43. The first-order chi connectivity index (χ1) is 10.2. The second-order valence-corrected chi connectivity index (χ2v) is 4.63. The monoisotopic (exact) mass is 291 g/mol. The molecule has 1 heterocycles. The van der Waals surface area contributed by atoms with Crippen molar-refractivity contribution in [2.75, 3.05) is 21.3 Å². The molecule has 0 radical (unpaired) electrons. The van der Waals surface area contributed by atoms with Gasteiger partial charge in [-0.3, -0.25) is 0 Å². The van der Waals surface area contributed by atoms with Crippen LogP contribution in [0, 0.1) is 0 Å². The van der Waals surface area contributed by atoms with Crippen molar-refractivity contribution in [2.24, 2.45) is 0 Å². The Morgan fingerprint density at radius 1 is 1.10 bits per heavy atom. The summed E-state index contributed by atoms with van der Waals surface area (Å²) < 4.78 is 21.5. The molecule has 1 aromatic heterocycles. The molecule has 5 heteroatoms. The lowest BCUT2D eigenvalue weighted by Crippen LogP contribution is -2.18. The van der Waals surface area contributed by atoms with E-state index in [4.69, 9.17) is 18.6 Å². The van der Waals surface area contributed by atoms with Gasteiger partial charge in [0.1, 0.15) is 23.0 Å². The Morgan fingerprint density at radius 3 is 2.24 bits per heavy atom. The lowest BCUT2D eigenvalue weighted by Gasteiger charge is -2.17. The molecule has 2 aromatic rings. The summed E-state index contributed by atoms with van der Waals surface area (Å²) in [5, 5.41) is 3.39. The van der Waals surface area contributed by atoms with Crippen LogP contribution in [0.1, 0.15) is 24.3 Å². The Hall–Kier alpha value is -2.14. The molecule has 1 atom stereocenters. The zero-order chi connectivity index (χ0) is 15.2. The van der Waals surface area contributed by atoms with E-state index in [1.165, 1.54) is 0 Å². The number of ether oxygens (including phenoxy) is 3. The lowest BCUT2D eigenvalue weighted by atomic mass is 10.1. The van der Waals surface area contributed by atoms with Gasteiger partial charge in [0.05, 0.1) is 39.2 Å². The predicted molar refractivity (Wildman–Crippen MR) is 80.1 cm³/mol. The van der Waals surface area contributed by atoms with Crippen molar-refractivity contribution in [1.29, 1.82) is 0 Å². The highest BCUT2D eigenvalue weighted by molar-refractivity contribution is 5.50. The topological polar surface area (TPSA) is 52.9 Å². The van der Waals surface area contributed by atoms with Gasteiger partial charge in [-0.15, -0.1) is 0 Å². The first kappa shape index (κ1) is 15.3. The molecule has 2 rings (SSSR count). The van der Waals surface area contributed by atoms with E-state index in [1.807, 2.05) is 31.2 Å². The minimum atomic E-state index is 0.0940. The summed E-state index contributed by atoms with van der Waals surface area (Å²) in [7, 11) is 4.88. The van der Waals surface area contributed by atoms with Crippen LogP contribution >= 0.6 is 0 Å². The summed E-state index contributed by atoms with van der Waals surface area (Å²) >= 11 is 0. The molecule has 0 fully saturated rings. The van der Waals surface area contributed by atoms with E-state index in [0.29, 0.717) is 12.3 Å². The van der Waals surface area contributed by atoms with Gasteiger partial charge in [-0.05, 0) is 19.1 Å². The molecule has 0 unspecified atom stereocenters. The number of furan rings is 1. The largest absolute Gasteiger partial charge is 0.496 e. The molecule has 5 nitrogen and oxygen atoms in total. The number of hydrogen-bond donors (Lipinski definition) is 1. The van der Waals surface area contributed by atoms with Crippen LogP contribution in [0.25, 0.3) is 0 Å². The van der Waals surface area contributed by atoms with Crippen molar-refractivity contribution in [1.82, 2.24) is 5.32 Å². The third kappa shape index (κ3) is 3.49. The van der Waals surface area contributed by atoms with Gasteiger partial charge in [0, 0.05) is 18.7 Å². The molecule has 0 spiro atoms. The molecule has 0 saturated carbocycles. The standard InChI is InChI=1S/C16H21NO4/c1-11(14-6-5-7-21-14)17-10-13-15(19-3)8-12(18-2)9-16(13)20-4/h5-9,11,17H,10H2,1-4H3/t11-/m0/s1.